The number of hydrogen-bond donors (Lipinski definition) is 1. The largest absolute Gasteiger partial charge is 0.383 e. The molecule has 1 fully saturated rings. The highest BCUT2D eigenvalue weighted by atomic mass is 16.5. The van der Waals surface area contributed by atoms with E-state index in [1.807, 2.05) is 0 Å². The molecule has 5 nitrogen and oxygen atoms in total. The van der Waals surface area contributed by atoms with E-state index in [0.29, 0.717) is 6.04 Å². The summed E-state index contributed by atoms with van der Waals surface area (Å²) >= 11 is 0. The minimum atomic E-state index is 0.541. The van der Waals surface area contributed by atoms with Crippen molar-refractivity contribution in [3.8, 4) is 0 Å². The summed E-state index contributed by atoms with van der Waals surface area (Å²) < 4.78 is 5.22. The highest BCUT2D eigenvalue weighted by Gasteiger charge is 2.23. The van der Waals surface area contributed by atoms with Crippen LogP contribution in [0.2, 0.25) is 0 Å². The van der Waals surface area contributed by atoms with Crippen LogP contribution in [0.3, 0.4) is 0 Å². The standard InChI is InChI=1S/C19H32N4O/c1-4-20-19(22(2)16-17-9-6-5-7-10-17)21-15-18-11-8-12-23(18)13-14-24-3/h5-7,9-10,18H,4,8,11-16H2,1-3H3,(H,20,21). The van der Waals surface area contributed by atoms with Gasteiger partial charge >= 0.3 is 0 Å². The summed E-state index contributed by atoms with van der Waals surface area (Å²) in [6, 6.07) is 11.1. The fourth-order valence-electron chi connectivity index (χ4n) is 3.20. The van der Waals surface area contributed by atoms with Crippen molar-refractivity contribution in [1.82, 2.24) is 15.1 Å². The summed E-state index contributed by atoms with van der Waals surface area (Å²) in [7, 11) is 3.87. The number of guanidine groups is 1. The average Bonchev–Trinajstić information content (AvgIpc) is 3.05. The van der Waals surface area contributed by atoms with E-state index < -0.39 is 0 Å². The molecular weight excluding hydrogens is 300 g/mol. The normalized spacial score (nSPS) is 18.8. The van der Waals surface area contributed by atoms with Gasteiger partial charge < -0.3 is 15.0 Å². The lowest BCUT2D eigenvalue weighted by molar-refractivity contribution is 0.142. The van der Waals surface area contributed by atoms with Gasteiger partial charge in [0.25, 0.3) is 0 Å². The minimum Gasteiger partial charge on any atom is -0.383 e. The first-order valence-electron chi connectivity index (χ1n) is 9.01. The van der Waals surface area contributed by atoms with Crippen LogP contribution in [-0.4, -0.2) is 68.7 Å². The monoisotopic (exact) mass is 332 g/mol. The molecule has 24 heavy (non-hydrogen) atoms. The van der Waals surface area contributed by atoms with Crippen LogP contribution in [0.5, 0.6) is 0 Å². The molecular formula is C19H32N4O. The van der Waals surface area contributed by atoms with E-state index in [4.69, 9.17) is 9.73 Å². The van der Waals surface area contributed by atoms with Crippen LogP contribution in [0.25, 0.3) is 0 Å². The molecule has 1 aromatic carbocycles. The van der Waals surface area contributed by atoms with Crippen LogP contribution in [0.4, 0.5) is 0 Å². The molecule has 1 aromatic rings. The Bertz CT molecular complexity index is 491. The van der Waals surface area contributed by atoms with Crippen LogP contribution < -0.4 is 5.32 Å². The Morgan fingerprint density at radius 2 is 2.17 bits per heavy atom. The Labute approximate surface area is 146 Å². The van der Waals surface area contributed by atoms with Crippen molar-refractivity contribution >= 4 is 5.96 Å². The fourth-order valence-corrected chi connectivity index (χ4v) is 3.20. The van der Waals surface area contributed by atoms with Gasteiger partial charge in [-0.25, -0.2) is 0 Å². The average molecular weight is 332 g/mol. The first-order chi connectivity index (χ1) is 11.7. The number of methoxy groups -OCH3 is 1. The zero-order valence-electron chi connectivity index (χ0n) is 15.4. The van der Waals surface area contributed by atoms with Gasteiger partial charge in [0.2, 0.25) is 0 Å². The topological polar surface area (TPSA) is 40.1 Å². The number of nitrogens with one attached hydrogen (secondary N) is 1. The first-order valence-corrected chi connectivity index (χ1v) is 9.01. The third kappa shape index (κ3) is 5.80. The van der Waals surface area contributed by atoms with Gasteiger partial charge in [-0.3, -0.25) is 9.89 Å². The predicted molar refractivity (Wildman–Crippen MR) is 100 cm³/mol. The molecule has 0 bridgehead atoms. The van der Waals surface area contributed by atoms with Crippen LogP contribution in [-0.2, 0) is 11.3 Å². The summed E-state index contributed by atoms with van der Waals surface area (Å²) in [5.41, 5.74) is 1.30. The maximum Gasteiger partial charge on any atom is 0.194 e. The highest BCUT2D eigenvalue weighted by molar-refractivity contribution is 5.79. The van der Waals surface area contributed by atoms with Crippen molar-refractivity contribution in [2.24, 2.45) is 4.99 Å². The number of rotatable bonds is 8. The lowest BCUT2D eigenvalue weighted by Gasteiger charge is -2.25. The van der Waals surface area contributed by atoms with Crippen molar-refractivity contribution in [3.05, 3.63) is 35.9 Å². The summed E-state index contributed by atoms with van der Waals surface area (Å²) in [6.07, 6.45) is 2.50. The second-order valence-electron chi connectivity index (χ2n) is 6.36. The van der Waals surface area contributed by atoms with Crippen molar-refractivity contribution in [1.29, 1.82) is 0 Å². The number of ether oxygens (including phenoxy) is 1. The molecule has 0 aromatic heterocycles. The molecule has 0 saturated carbocycles. The summed E-state index contributed by atoms with van der Waals surface area (Å²) in [6.45, 7) is 7.69. The summed E-state index contributed by atoms with van der Waals surface area (Å²) in [5, 5.41) is 3.42. The third-order valence-electron chi connectivity index (χ3n) is 4.49. The van der Waals surface area contributed by atoms with Gasteiger partial charge in [-0.05, 0) is 31.9 Å². The Kier molecular flexibility index (Phi) is 8.05. The van der Waals surface area contributed by atoms with Crippen LogP contribution >= 0.6 is 0 Å². The van der Waals surface area contributed by atoms with E-state index in [9.17, 15) is 0 Å². The second kappa shape index (κ2) is 10.3. The zero-order valence-corrected chi connectivity index (χ0v) is 15.4. The van der Waals surface area contributed by atoms with E-state index in [0.717, 1.165) is 38.7 Å². The van der Waals surface area contributed by atoms with Crippen LogP contribution in [0, 0.1) is 0 Å². The third-order valence-corrected chi connectivity index (χ3v) is 4.49. The van der Waals surface area contributed by atoms with Crippen LogP contribution in [0.15, 0.2) is 35.3 Å². The smallest absolute Gasteiger partial charge is 0.194 e. The molecule has 1 saturated heterocycles. The molecule has 0 spiro atoms. The molecule has 0 radical (unpaired) electrons. The first kappa shape index (κ1) is 18.7. The van der Waals surface area contributed by atoms with Crippen LogP contribution in [0.1, 0.15) is 25.3 Å². The van der Waals surface area contributed by atoms with Gasteiger partial charge in [0.1, 0.15) is 0 Å². The second-order valence-corrected chi connectivity index (χ2v) is 6.36. The molecule has 1 unspecified atom stereocenters. The lowest BCUT2D eigenvalue weighted by Crippen LogP contribution is -2.40. The number of likely N-dealkylation sites (tertiary alicyclic amines) is 1. The van der Waals surface area contributed by atoms with E-state index >= 15 is 0 Å². The Balaban J connectivity index is 1.94. The quantitative estimate of drug-likeness (QED) is 0.585. The van der Waals surface area contributed by atoms with E-state index in [-0.39, 0.29) is 0 Å². The van der Waals surface area contributed by atoms with E-state index in [2.05, 4.69) is 59.4 Å². The Morgan fingerprint density at radius 1 is 1.38 bits per heavy atom. The number of benzene rings is 1. The maximum absolute atomic E-state index is 5.22. The molecule has 1 aliphatic heterocycles. The molecule has 1 atom stereocenters. The zero-order chi connectivity index (χ0) is 17.2. The summed E-state index contributed by atoms with van der Waals surface area (Å²) in [5.74, 6) is 0.986. The SMILES string of the molecule is CCNC(=NCC1CCCN1CCOC)N(C)Cc1ccccc1. The van der Waals surface area contributed by atoms with Gasteiger partial charge in [-0.1, -0.05) is 30.3 Å². The minimum absolute atomic E-state index is 0.541. The molecule has 134 valence electrons. The van der Waals surface area contributed by atoms with E-state index in [1.54, 1.807) is 7.11 Å². The van der Waals surface area contributed by atoms with Crippen molar-refractivity contribution in [2.75, 3.05) is 46.9 Å². The van der Waals surface area contributed by atoms with Crippen molar-refractivity contribution in [3.63, 3.8) is 0 Å². The lowest BCUT2D eigenvalue weighted by atomic mass is 10.2. The molecule has 1 aliphatic rings. The van der Waals surface area contributed by atoms with E-state index in [1.165, 1.54) is 24.9 Å². The van der Waals surface area contributed by atoms with Crippen molar-refractivity contribution in [2.45, 2.75) is 32.4 Å². The number of nitrogens with zero attached hydrogens (tertiary/aromatic N) is 3. The van der Waals surface area contributed by atoms with Gasteiger partial charge in [-0.2, -0.15) is 0 Å². The fraction of sp³-hybridized carbons (Fsp3) is 0.632. The molecule has 1 heterocycles. The number of hydrogen-bond acceptors (Lipinski definition) is 3. The van der Waals surface area contributed by atoms with Crippen molar-refractivity contribution < 1.29 is 4.74 Å². The van der Waals surface area contributed by atoms with Gasteiger partial charge in [0.15, 0.2) is 5.96 Å². The van der Waals surface area contributed by atoms with Gasteiger partial charge in [-0.15, -0.1) is 0 Å². The predicted octanol–water partition coefficient (Wildman–Crippen LogP) is 2.19. The molecule has 2 rings (SSSR count). The Morgan fingerprint density at radius 3 is 2.88 bits per heavy atom. The maximum atomic E-state index is 5.22. The molecule has 0 amide bonds. The summed E-state index contributed by atoms with van der Waals surface area (Å²) in [4.78, 5) is 9.61. The number of aliphatic imine (C=N–C) groups is 1. The molecule has 0 aliphatic carbocycles. The molecule has 1 N–H and O–H groups in total. The highest BCUT2D eigenvalue weighted by Crippen LogP contribution is 2.17. The molecule has 5 heteroatoms. The van der Waals surface area contributed by atoms with Gasteiger partial charge in [0.05, 0.1) is 13.2 Å². The Hall–Kier alpha value is -1.59. The van der Waals surface area contributed by atoms with Gasteiger partial charge in [0, 0.05) is 39.8 Å².